The molecule has 0 bridgehead atoms. The van der Waals surface area contributed by atoms with Crippen LogP contribution in [0.5, 0.6) is 5.75 Å². The fourth-order valence-corrected chi connectivity index (χ4v) is 2.50. The quantitative estimate of drug-likeness (QED) is 0.924. The van der Waals surface area contributed by atoms with E-state index in [2.05, 4.69) is 0 Å². The van der Waals surface area contributed by atoms with Crippen molar-refractivity contribution >= 4 is 23.2 Å². The number of phenols is 1. The molecule has 0 aliphatic rings. The summed E-state index contributed by atoms with van der Waals surface area (Å²) in [6, 6.07) is 8.48. The largest absolute Gasteiger partial charge is 0.508 e. The highest BCUT2D eigenvalue weighted by Gasteiger charge is 2.21. The zero-order valence-corrected chi connectivity index (χ0v) is 13.1. The van der Waals surface area contributed by atoms with Crippen LogP contribution < -0.4 is 4.90 Å². The van der Waals surface area contributed by atoms with Gasteiger partial charge in [-0.1, -0.05) is 17.7 Å². The number of carbonyl (C=O) groups is 1. The molecule has 21 heavy (non-hydrogen) atoms. The first-order valence-electron chi connectivity index (χ1n) is 6.92. The number of aromatic hydroxyl groups is 1. The van der Waals surface area contributed by atoms with Crippen molar-refractivity contribution in [2.45, 2.75) is 26.8 Å². The summed E-state index contributed by atoms with van der Waals surface area (Å²) in [7, 11) is 0. The molecule has 0 radical (unpaired) electrons. The molecule has 0 spiro atoms. The van der Waals surface area contributed by atoms with Gasteiger partial charge in [0, 0.05) is 30.5 Å². The molecule has 2 rings (SSSR count). The van der Waals surface area contributed by atoms with E-state index in [1.807, 2.05) is 25.3 Å². The van der Waals surface area contributed by atoms with Crippen molar-refractivity contribution in [1.29, 1.82) is 0 Å². The summed E-state index contributed by atoms with van der Waals surface area (Å²) in [6.45, 7) is 6.39. The number of phenolic OH excluding ortho intramolecular Hbond substituents is 1. The summed E-state index contributed by atoms with van der Waals surface area (Å²) in [5.74, 6) is -0.000255. The number of carbonyl (C=O) groups excluding carboxylic acids is 1. The highest BCUT2D eigenvalue weighted by Crippen LogP contribution is 2.25. The van der Waals surface area contributed by atoms with Crippen LogP contribution in [0.15, 0.2) is 36.5 Å². The molecule has 1 aromatic carbocycles. The molecule has 1 heterocycles. The number of rotatable bonds is 4. The number of aromatic nitrogens is 1. The maximum atomic E-state index is 12.8. The van der Waals surface area contributed by atoms with Crippen LogP contribution in [-0.2, 0) is 0 Å². The van der Waals surface area contributed by atoms with Crippen molar-refractivity contribution in [3.63, 3.8) is 0 Å². The molecular formula is C16H19ClN2O2. The molecule has 0 atom stereocenters. The Kier molecular flexibility index (Phi) is 4.58. The van der Waals surface area contributed by atoms with Crippen molar-refractivity contribution in [1.82, 2.24) is 4.57 Å². The van der Waals surface area contributed by atoms with E-state index in [1.165, 1.54) is 0 Å². The Balaban J connectivity index is 2.41. The van der Waals surface area contributed by atoms with E-state index < -0.39 is 0 Å². The van der Waals surface area contributed by atoms with Gasteiger partial charge in [-0.05, 0) is 39.0 Å². The van der Waals surface area contributed by atoms with Gasteiger partial charge < -0.3 is 14.6 Å². The third-order valence-electron chi connectivity index (χ3n) is 3.29. The van der Waals surface area contributed by atoms with Gasteiger partial charge in [-0.15, -0.1) is 0 Å². The third-order valence-corrected chi connectivity index (χ3v) is 3.50. The fourth-order valence-electron chi connectivity index (χ4n) is 2.29. The predicted octanol–water partition coefficient (Wildman–Crippen LogP) is 4.09. The van der Waals surface area contributed by atoms with Gasteiger partial charge in [0.2, 0.25) is 0 Å². The van der Waals surface area contributed by atoms with E-state index in [1.54, 1.807) is 41.4 Å². The van der Waals surface area contributed by atoms with E-state index >= 15 is 0 Å². The van der Waals surface area contributed by atoms with E-state index in [4.69, 9.17) is 11.6 Å². The zero-order valence-electron chi connectivity index (χ0n) is 12.4. The van der Waals surface area contributed by atoms with Crippen molar-refractivity contribution in [2.24, 2.45) is 0 Å². The van der Waals surface area contributed by atoms with E-state index in [0.717, 1.165) is 0 Å². The van der Waals surface area contributed by atoms with Crippen LogP contribution >= 0.6 is 11.6 Å². The Morgan fingerprint density at radius 3 is 2.67 bits per heavy atom. The van der Waals surface area contributed by atoms with Gasteiger partial charge in [-0.3, -0.25) is 4.79 Å². The molecule has 1 N–H and O–H groups in total. The number of hydrogen-bond acceptors (Lipinski definition) is 2. The van der Waals surface area contributed by atoms with Crippen molar-refractivity contribution < 1.29 is 9.90 Å². The number of hydrogen-bond donors (Lipinski definition) is 1. The van der Waals surface area contributed by atoms with Crippen LogP contribution in [0.1, 0.15) is 37.3 Å². The van der Waals surface area contributed by atoms with Gasteiger partial charge >= 0.3 is 0 Å². The molecule has 0 saturated heterocycles. The monoisotopic (exact) mass is 306 g/mol. The van der Waals surface area contributed by atoms with Gasteiger partial charge in [0.05, 0.1) is 5.02 Å². The molecule has 2 aromatic rings. The molecule has 5 heteroatoms. The Labute approximate surface area is 129 Å². The lowest BCUT2D eigenvalue weighted by atomic mass is 10.2. The Morgan fingerprint density at radius 2 is 2.10 bits per heavy atom. The Morgan fingerprint density at radius 1 is 1.38 bits per heavy atom. The second-order valence-corrected chi connectivity index (χ2v) is 5.55. The lowest BCUT2D eigenvalue weighted by molar-refractivity contribution is 0.0978. The van der Waals surface area contributed by atoms with E-state index in [-0.39, 0.29) is 17.7 Å². The summed E-state index contributed by atoms with van der Waals surface area (Å²) < 4.78 is 1.86. The summed E-state index contributed by atoms with van der Waals surface area (Å²) in [4.78, 5) is 14.4. The molecule has 1 aromatic heterocycles. The topological polar surface area (TPSA) is 45.5 Å². The number of benzene rings is 1. The lowest BCUT2D eigenvalue weighted by Gasteiger charge is -2.23. The molecule has 4 nitrogen and oxygen atoms in total. The summed E-state index contributed by atoms with van der Waals surface area (Å²) in [5.41, 5.74) is 1.20. The predicted molar refractivity (Wildman–Crippen MR) is 85.3 cm³/mol. The second kappa shape index (κ2) is 6.22. The first-order chi connectivity index (χ1) is 9.93. The SMILES string of the molecule is CCN(C(=O)c1cc(Cl)cn1C(C)C)c1cccc(O)c1. The van der Waals surface area contributed by atoms with Crippen molar-refractivity contribution in [2.75, 3.05) is 11.4 Å². The average molecular weight is 307 g/mol. The number of halogens is 1. The number of anilines is 1. The van der Waals surface area contributed by atoms with Crippen LogP contribution in [0.4, 0.5) is 5.69 Å². The van der Waals surface area contributed by atoms with E-state index in [0.29, 0.717) is 22.9 Å². The van der Waals surface area contributed by atoms with Crippen molar-refractivity contribution in [3.8, 4) is 5.75 Å². The summed E-state index contributed by atoms with van der Waals surface area (Å²) in [5, 5.41) is 10.1. The van der Waals surface area contributed by atoms with Gasteiger partial charge in [-0.25, -0.2) is 0 Å². The van der Waals surface area contributed by atoms with Gasteiger partial charge in [0.1, 0.15) is 11.4 Å². The summed E-state index contributed by atoms with van der Waals surface area (Å²) in [6.07, 6.45) is 1.76. The number of nitrogens with zero attached hydrogens (tertiary/aromatic N) is 2. The average Bonchev–Trinajstić information content (AvgIpc) is 2.82. The van der Waals surface area contributed by atoms with Gasteiger partial charge in [0.15, 0.2) is 0 Å². The van der Waals surface area contributed by atoms with Crippen molar-refractivity contribution in [3.05, 3.63) is 47.2 Å². The molecule has 0 fully saturated rings. The van der Waals surface area contributed by atoms with Crippen LogP contribution in [0.3, 0.4) is 0 Å². The molecule has 0 aliphatic heterocycles. The first-order valence-corrected chi connectivity index (χ1v) is 7.30. The smallest absolute Gasteiger partial charge is 0.274 e. The number of amides is 1. The molecule has 1 amide bonds. The maximum Gasteiger partial charge on any atom is 0.274 e. The molecule has 0 unspecified atom stereocenters. The normalized spacial score (nSPS) is 10.9. The minimum absolute atomic E-state index is 0.135. The second-order valence-electron chi connectivity index (χ2n) is 5.11. The highest BCUT2D eigenvalue weighted by molar-refractivity contribution is 6.31. The standard InChI is InChI=1S/C16H19ClN2O2/c1-4-18(13-6-5-7-14(20)9-13)16(21)15-8-12(17)10-19(15)11(2)3/h5-11,20H,4H2,1-3H3. The fraction of sp³-hybridized carbons (Fsp3) is 0.312. The molecule has 0 aliphatic carbocycles. The summed E-state index contributed by atoms with van der Waals surface area (Å²) >= 11 is 6.04. The van der Waals surface area contributed by atoms with Crippen LogP contribution in [0, 0.1) is 0 Å². The Hall–Kier alpha value is -1.94. The minimum Gasteiger partial charge on any atom is -0.508 e. The Bertz CT molecular complexity index is 649. The lowest BCUT2D eigenvalue weighted by Crippen LogP contribution is -2.32. The van der Waals surface area contributed by atoms with Crippen LogP contribution in [0.2, 0.25) is 5.02 Å². The highest BCUT2D eigenvalue weighted by atomic mass is 35.5. The van der Waals surface area contributed by atoms with Gasteiger partial charge in [-0.2, -0.15) is 0 Å². The molecule has 112 valence electrons. The van der Waals surface area contributed by atoms with Crippen LogP contribution in [-0.4, -0.2) is 22.1 Å². The molecular weight excluding hydrogens is 288 g/mol. The maximum absolute atomic E-state index is 12.8. The van der Waals surface area contributed by atoms with Gasteiger partial charge in [0.25, 0.3) is 5.91 Å². The zero-order chi connectivity index (χ0) is 15.6. The van der Waals surface area contributed by atoms with Crippen LogP contribution in [0.25, 0.3) is 0 Å². The molecule has 0 saturated carbocycles. The minimum atomic E-state index is -0.135. The third kappa shape index (κ3) is 3.22. The van der Waals surface area contributed by atoms with E-state index in [9.17, 15) is 9.90 Å². The first kappa shape index (κ1) is 15.4.